The van der Waals surface area contributed by atoms with Gasteiger partial charge in [-0.05, 0) is 31.9 Å². The van der Waals surface area contributed by atoms with Gasteiger partial charge in [0.1, 0.15) is 0 Å². The molecule has 0 saturated heterocycles. The highest BCUT2D eigenvalue weighted by Crippen LogP contribution is 2.26. The van der Waals surface area contributed by atoms with Crippen molar-refractivity contribution >= 4 is 28.5 Å². The van der Waals surface area contributed by atoms with E-state index in [4.69, 9.17) is 0 Å². The highest BCUT2D eigenvalue weighted by Gasteiger charge is 2.25. The molecule has 1 fully saturated rings. The third-order valence-corrected chi connectivity index (χ3v) is 5.85. The van der Waals surface area contributed by atoms with E-state index in [9.17, 15) is 4.79 Å². The number of thioether (sulfide) groups is 1. The number of benzene rings is 1. The Hall–Kier alpha value is -1.49. The largest absolute Gasteiger partial charge is 0.352 e. The van der Waals surface area contributed by atoms with Crippen molar-refractivity contribution in [1.82, 2.24) is 5.32 Å². The van der Waals surface area contributed by atoms with Crippen LogP contribution >= 0.6 is 11.8 Å². The normalized spacial score (nSPS) is 20.4. The van der Waals surface area contributed by atoms with Gasteiger partial charge in [-0.25, -0.2) is 0 Å². The predicted octanol–water partition coefficient (Wildman–Crippen LogP) is 3.82. The number of hydrogen-bond acceptors (Lipinski definition) is 4. The quantitative estimate of drug-likeness (QED) is 0.844. The Morgan fingerprint density at radius 2 is 1.92 bits per heavy atom. The fourth-order valence-electron chi connectivity index (χ4n) is 3.33. The molecule has 1 unspecified atom stereocenters. The number of amidine groups is 1. The Kier molecular flexibility index (Phi) is 6.18. The highest BCUT2D eigenvalue weighted by molar-refractivity contribution is 8.15. The smallest absolute Gasteiger partial charge is 0.233 e. The maximum Gasteiger partial charge on any atom is 0.233 e. The minimum atomic E-state index is -0.115. The molecule has 1 saturated carbocycles. The van der Waals surface area contributed by atoms with Crippen molar-refractivity contribution < 1.29 is 4.79 Å². The number of hydrogen-bond donors (Lipinski definition) is 1. The van der Waals surface area contributed by atoms with E-state index in [1.165, 1.54) is 25.7 Å². The summed E-state index contributed by atoms with van der Waals surface area (Å²) in [6.45, 7) is 3.68. The van der Waals surface area contributed by atoms with Gasteiger partial charge in [0.15, 0.2) is 5.17 Å². The average Bonchev–Trinajstić information content (AvgIpc) is 2.91. The maximum absolute atomic E-state index is 12.5. The lowest BCUT2D eigenvalue weighted by molar-refractivity contribution is -0.121. The molecule has 0 bridgehead atoms. The topological polar surface area (TPSA) is 44.7 Å². The summed E-state index contributed by atoms with van der Waals surface area (Å²) in [5, 5.41) is 4.10. The van der Waals surface area contributed by atoms with Crippen molar-refractivity contribution in [3.05, 3.63) is 30.3 Å². The molecule has 0 radical (unpaired) electrons. The average molecular weight is 346 g/mol. The van der Waals surface area contributed by atoms with Gasteiger partial charge in [-0.15, -0.1) is 0 Å². The zero-order chi connectivity index (χ0) is 16.8. The standard InChI is InChI=1S/C19H27N3OS/c1-15(18(23)21-16-9-5-2-3-6-10-16)24-19-20-13-14-22(19)17-11-7-4-8-12-17/h4,7-8,11-12,15-16H,2-3,5-6,9-10,13-14H2,1H3,(H,21,23). The predicted molar refractivity (Wildman–Crippen MR) is 103 cm³/mol. The van der Waals surface area contributed by atoms with Crippen LogP contribution in [-0.4, -0.2) is 35.5 Å². The fraction of sp³-hybridized carbons (Fsp3) is 0.579. The summed E-state index contributed by atoms with van der Waals surface area (Å²) in [6, 6.07) is 10.6. The summed E-state index contributed by atoms with van der Waals surface area (Å²) in [4.78, 5) is 19.4. The van der Waals surface area contributed by atoms with E-state index < -0.39 is 0 Å². The van der Waals surface area contributed by atoms with E-state index in [1.807, 2.05) is 25.1 Å². The minimum absolute atomic E-state index is 0.115. The third-order valence-electron chi connectivity index (χ3n) is 4.72. The van der Waals surface area contributed by atoms with Gasteiger partial charge >= 0.3 is 0 Å². The Labute approximate surface area is 149 Å². The lowest BCUT2D eigenvalue weighted by atomic mass is 10.1. The van der Waals surface area contributed by atoms with Crippen LogP contribution in [0.25, 0.3) is 0 Å². The van der Waals surface area contributed by atoms with Crippen LogP contribution in [-0.2, 0) is 4.79 Å². The number of para-hydroxylation sites is 1. The molecule has 130 valence electrons. The second-order valence-electron chi connectivity index (χ2n) is 6.61. The zero-order valence-electron chi connectivity index (χ0n) is 14.4. The summed E-state index contributed by atoms with van der Waals surface area (Å²) < 4.78 is 0. The lowest BCUT2D eigenvalue weighted by Gasteiger charge is -2.23. The molecule has 5 heteroatoms. The number of anilines is 1. The monoisotopic (exact) mass is 345 g/mol. The van der Waals surface area contributed by atoms with Crippen molar-refractivity contribution in [2.45, 2.75) is 56.7 Å². The van der Waals surface area contributed by atoms with Crippen molar-refractivity contribution in [3.8, 4) is 0 Å². The molecular formula is C19H27N3OS. The summed E-state index contributed by atoms with van der Waals surface area (Å²) in [5.74, 6) is 0.148. The molecule has 1 N–H and O–H groups in total. The Morgan fingerprint density at radius 3 is 2.62 bits per heavy atom. The number of carbonyl (C=O) groups is 1. The first-order valence-electron chi connectivity index (χ1n) is 9.08. The molecule has 1 aromatic rings. The van der Waals surface area contributed by atoms with Crippen molar-refractivity contribution in [3.63, 3.8) is 0 Å². The molecule has 4 nitrogen and oxygen atoms in total. The maximum atomic E-state index is 12.5. The molecule has 1 heterocycles. The number of nitrogens with one attached hydrogen (secondary N) is 1. The van der Waals surface area contributed by atoms with Gasteiger partial charge in [0.05, 0.1) is 11.8 Å². The van der Waals surface area contributed by atoms with Crippen molar-refractivity contribution in [2.24, 2.45) is 4.99 Å². The van der Waals surface area contributed by atoms with E-state index in [2.05, 4.69) is 27.3 Å². The van der Waals surface area contributed by atoms with Crippen LogP contribution in [0.2, 0.25) is 0 Å². The lowest BCUT2D eigenvalue weighted by Crippen LogP contribution is -2.40. The molecule has 0 aromatic heterocycles. The van der Waals surface area contributed by atoms with Gasteiger partial charge in [-0.2, -0.15) is 0 Å². The number of amides is 1. The van der Waals surface area contributed by atoms with E-state index in [1.54, 1.807) is 11.8 Å². The number of nitrogens with zero attached hydrogens (tertiary/aromatic N) is 2. The SMILES string of the molecule is CC(SC1=NCCN1c1ccccc1)C(=O)NC1CCCCCC1. The van der Waals surface area contributed by atoms with Crippen molar-refractivity contribution in [2.75, 3.05) is 18.0 Å². The first-order valence-corrected chi connectivity index (χ1v) is 9.96. The minimum Gasteiger partial charge on any atom is -0.352 e. The summed E-state index contributed by atoms with van der Waals surface area (Å²) in [5.41, 5.74) is 1.15. The molecule has 1 atom stereocenters. The Bertz CT molecular complexity index is 567. The molecule has 1 amide bonds. The molecule has 24 heavy (non-hydrogen) atoms. The van der Waals surface area contributed by atoms with Gasteiger partial charge in [0.25, 0.3) is 0 Å². The van der Waals surface area contributed by atoms with E-state index >= 15 is 0 Å². The van der Waals surface area contributed by atoms with Crippen LogP contribution in [0, 0.1) is 0 Å². The molecule has 1 aliphatic carbocycles. The third kappa shape index (κ3) is 4.53. The van der Waals surface area contributed by atoms with Crippen LogP contribution in [0.15, 0.2) is 35.3 Å². The molecular weight excluding hydrogens is 318 g/mol. The van der Waals surface area contributed by atoms with E-state index in [-0.39, 0.29) is 11.2 Å². The van der Waals surface area contributed by atoms with Crippen LogP contribution in [0.1, 0.15) is 45.4 Å². The van der Waals surface area contributed by atoms with Crippen LogP contribution in [0.3, 0.4) is 0 Å². The van der Waals surface area contributed by atoms with Crippen LogP contribution in [0.4, 0.5) is 5.69 Å². The summed E-state index contributed by atoms with van der Waals surface area (Å²) in [6.07, 6.45) is 7.33. The second-order valence-corrected chi connectivity index (χ2v) is 7.92. The summed E-state index contributed by atoms with van der Waals surface area (Å²) in [7, 11) is 0. The van der Waals surface area contributed by atoms with Gasteiger partial charge in [-0.1, -0.05) is 55.6 Å². The summed E-state index contributed by atoms with van der Waals surface area (Å²) >= 11 is 1.58. The zero-order valence-corrected chi connectivity index (χ0v) is 15.2. The first-order chi connectivity index (χ1) is 11.7. The molecule has 0 spiro atoms. The molecule has 1 aromatic carbocycles. The second kappa shape index (κ2) is 8.56. The molecule has 1 aliphatic heterocycles. The van der Waals surface area contributed by atoms with Crippen molar-refractivity contribution in [1.29, 1.82) is 0 Å². The number of aliphatic imine (C=N–C) groups is 1. The number of rotatable bonds is 4. The molecule has 2 aliphatic rings. The van der Waals surface area contributed by atoms with Gasteiger partial charge in [-0.3, -0.25) is 9.79 Å². The van der Waals surface area contributed by atoms with Gasteiger partial charge < -0.3 is 10.2 Å². The van der Waals surface area contributed by atoms with E-state index in [0.29, 0.717) is 6.04 Å². The van der Waals surface area contributed by atoms with Crippen LogP contribution in [0.5, 0.6) is 0 Å². The fourth-order valence-corrected chi connectivity index (χ4v) is 4.31. The molecule has 3 rings (SSSR count). The van der Waals surface area contributed by atoms with Gasteiger partial charge in [0, 0.05) is 18.3 Å². The highest BCUT2D eigenvalue weighted by atomic mass is 32.2. The number of carbonyl (C=O) groups excluding carboxylic acids is 1. The Balaban J connectivity index is 1.55. The van der Waals surface area contributed by atoms with Crippen LogP contribution < -0.4 is 10.2 Å². The Morgan fingerprint density at radius 1 is 1.21 bits per heavy atom. The van der Waals surface area contributed by atoms with Gasteiger partial charge in [0.2, 0.25) is 5.91 Å². The first kappa shape index (κ1) is 17.3. The van der Waals surface area contributed by atoms with E-state index in [0.717, 1.165) is 36.8 Å².